The molecule has 2 aromatic carbocycles. The van der Waals surface area contributed by atoms with Crippen LogP contribution in [0.1, 0.15) is 21.7 Å². The number of hydrogen-bond donors (Lipinski definition) is 0. The van der Waals surface area contributed by atoms with E-state index in [2.05, 4.69) is 16.8 Å². The van der Waals surface area contributed by atoms with E-state index in [1.54, 1.807) is 6.08 Å². The van der Waals surface area contributed by atoms with Crippen LogP contribution in [0.2, 0.25) is 0 Å². The molecule has 0 atom stereocenters. The summed E-state index contributed by atoms with van der Waals surface area (Å²) in [5.41, 5.74) is 1.83. The zero-order valence-corrected chi connectivity index (χ0v) is 16.0. The lowest BCUT2D eigenvalue weighted by molar-refractivity contribution is 0.102. The first-order valence-corrected chi connectivity index (χ1v) is 9.59. The van der Waals surface area contributed by atoms with Crippen LogP contribution < -0.4 is 4.74 Å². The van der Waals surface area contributed by atoms with Crippen LogP contribution in [0.5, 0.6) is 5.75 Å². The minimum atomic E-state index is 0.0614. The van der Waals surface area contributed by atoms with Crippen LogP contribution in [-0.2, 0) is 13.2 Å². The topological polar surface area (TPSA) is 57.0 Å². The highest BCUT2D eigenvalue weighted by Gasteiger charge is 2.14. The number of thioether (sulfide) groups is 1. The molecule has 0 aliphatic heterocycles. The number of benzene rings is 2. The second-order valence-electron chi connectivity index (χ2n) is 5.98. The van der Waals surface area contributed by atoms with E-state index in [4.69, 9.17) is 4.74 Å². The molecule has 6 heteroatoms. The van der Waals surface area contributed by atoms with Gasteiger partial charge in [-0.05, 0) is 24.6 Å². The molecule has 0 spiro atoms. The number of rotatable bonds is 9. The van der Waals surface area contributed by atoms with Crippen LogP contribution in [0.25, 0.3) is 0 Å². The summed E-state index contributed by atoms with van der Waals surface area (Å²) in [6, 6.07) is 17.1. The summed E-state index contributed by atoms with van der Waals surface area (Å²) in [5.74, 6) is 1.85. The van der Waals surface area contributed by atoms with Gasteiger partial charge >= 0.3 is 0 Å². The molecular weight excluding hydrogens is 358 g/mol. The molecule has 0 saturated heterocycles. The van der Waals surface area contributed by atoms with E-state index >= 15 is 0 Å². The first-order valence-electron chi connectivity index (χ1n) is 8.61. The maximum Gasteiger partial charge on any atom is 0.192 e. The summed E-state index contributed by atoms with van der Waals surface area (Å²) in [6.45, 7) is 6.68. The summed E-state index contributed by atoms with van der Waals surface area (Å²) in [6.07, 6.45) is 1.78. The predicted octanol–water partition coefficient (Wildman–Crippen LogP) is 4.33. The third-order valence-electron chi connectivity index (χ3n) is 3.89. The van der Waals surface area contributed by atoms with E-state index in [1.807, 2.05) is 66.1 Å². The van der Waals surface area contributed by atoms with Gasteiger partial charge in [-0.1, -0.05) is 60.3 Å². The molecule has 27 heavy (non-hydrogen) atoms. The van der Waals surface area contributed by atoms with Crippen molar-refractivity contribution in [2.45, 2.75) is 25.2 Å². The fraction of sp³-hybridized carbons (Fsp3) is 0.190. The third-order valence-corrected chi connectivity index (χ3v) is 4.86. The van der Waals surface area contributed by atoms with Gasteiger partial charge in [-0.25, -0.2) is 0 Å². The third kappa shape index (κ3) is 5.08. The van der Waals surface area contributed by atoms with Gasteiger partial charge in [-0.2, -0.15) is 0 Å². The van der Waals surface area contributed by atoms with Crippen molar-refractivity contribution in [3.8, 4) is 5.75 Å². The Balaban J connectivity index is 1.67. The molecule has 0 saturated carbocycles. The van der Waals surface area contributed by atoms with Crippen LogP contribution >= 0.6 is 11.8 Å². The van der Waals surface area contributed by atoms with Crippen molar-refractivity contribution < 1.29 is 9.53 Å². The van der Waals surface area contributed by atoms with E-state index in [1.165, 1.54) is 11.8 Å². The molecule has 0 N–H and O–H groups in total. The van der Waals surface area contributed by atoms with Crippen molar-refractivity contribution in [3.05, 3.63) is 84.2 Å². The van der Waals surface area contributed by atoms with Crippen molar-refractivity contribution >= 4 is 17.5 Å². The van der Waals surface area contributed by atoms with Crippen molar-refractivity contribution in [1.29, 1.82) is 0 Å². The zero-order valence-electron chi connectivity index (χ0n) is 15.2. The quantitative estimate of drug-likeness (QED) is 0.315. The van der Waals surface area contributed by atoms with Crippen LogP contribution in [-0.4, -0.2) is 26.3 Å². The van der Waals surface area contributed by atoms with Gasteiger partial charge < -0.3 is 4.74 Å². The highest BCUT2D eigenvalue weighted by molar-refractivity contribution is 7.99. The molecule has 0 bridgehead atoms. The minimum absolute atomic E-state index is 0.0614. The number of carbonyl (C=O) groups is 1. The van der Waals surface area contributed by atoms with Crippen LogP contribution in [0, 0.1) is 6.92 Å². The van der Waals surface area contributed by atoms with Gasteiger partial charge in [0.2, 0.25) is 0 Å². The Labute approximate surface area is 163 Å². The van der Waals surface area contributed by atoms with E-state index < -0.39 is 0 Å². The van der Waals surface area contributed by atoms with E-state index in [9.17, 15) is 4.79 Å². The number of aromatic nitrogens is 3. The molecule has 0 amide bonds. The minimum Gasteiger partial charge on any atom is -0.486 e. The SMILES string of the molecule is C=CCn1c(COc2cccc(C)c2)nnc1SCC(=O)c1ccccc1. The predicted molar refractivity (Wildman–Crippen MR) is 107 cm³/mol. The number of carbonyl (C=O) groups excluding carboxylic acids is 1. The lowest BCUT2D eigenvalue weighted by Gasteiger charge is -2.09. The van der Waals surface area contributed by atoms with Gasteiger partial charge in [0.15, 0.2) is 16.8 Å². The summed E-state index contributed by atoms with van der Waals surface area (Å²) >= 11 is 1.37. The number of aryl methyl sites for hydroxylation is 1. The van der Waals surface area contributed by atoms with Crippen LogP contribution in [0.3, 0.4) is 0 Å². The van der Waals surface area contributed by atoms with E-state index in [-0.39, 0.29) is 5.78 Å². The average Bonchev–Trinajstić information content (AvgIpc) is 3.07. The Kier molecular flexibility index (Phi) is 6.44. The molecule has 0 aliphatic carbocycles. The standard InChI is InChI=1S/C21H21N3O2S/c1-3-12-24-20(14-26-18-11-7-8-16(2)13-18)22-23-21(24)27-15-19(25)17-9-5-4-6-10-17/h3-11,13H,1,12,14-15H2,2H3. The maximum absolute atomic E-state index is 12.3. The lowest BCUT2D eigenvalue weighted by atomic mass is 10.2. The molecule has 0 aliphatic rings. The van der Waals surface area contributed by atoms with Gasteiger partial charge in [-0.3, -0.25) is 9.36 Å². The fourth-order valence-electron chi connectivity index (χ4n) is 2.54. The molecule has 1 aromatic heterocycles. The number of ketones is 1. The Morgan fingerprint density at radius 2 is 2.00 bits per heavy atom. The molecule has 138 valence electrons. The zero-order chi connectivity index (χ0) is 19.1. The van der Waals surface area contributed by atoms with Gasteiger partial charge in [0.1, 0.15) is 12.4 Å². The van der Waals surface area contributed by atoms with Crippen molar-refractivity contribution in [1.82, 2.24) is 14.8 Å². The number of Topliss-reactive ketones (excluding diaryl/α,β-unsaturated/α-hetero) is 1. The monoisotopic (exact) mass is 379 g/mol. The number of allylic oxidation sites excluding steroid dienone is 1. The molecule has 3 aromatic rings. The first-order chi connectivity index (χ1) is 13.2. The Hall–Kier alpha value is -2.86. The van der Waals surface area contributed by atoms with E-state index in [0.717, 1.165) is 11.3 Å². The summed E-state index contributed by atoms with van der Waals surface area (Å²) < 4.78 is 7.76. The van der Waals surface area contributed by atoms with Crippen LogP contribution in [0.4, 0.5) is 0 Å². The highest BCUT2D eigenvalue weighted by atomic mass is 32.2. The number of hydrogen-bond acceptors (Lipinski definition) is 5. The molecule has 5 nitrogen and oxygen atoms in total. The van der Waals surface area contributed by atoms with Crippen molar-refractivity contribution in [2.75, 3.05) is 5.75 Å². The molecular formula is C21H21N3O2S. The normalized spacial score (nSPS) is 10.6. The van der Waals surface area contributed by atoms with Crippen LogP contribution in [0.15, 0.2) is 72.4 Å². The smallest absolute Gasteiger partial charge is 0.192 e. The highest BCUT2D eigenvalue weighted by Crippen LogP contribution is 2.20. The molecule has 0 radical (unpaired) electrons. The molecule has 1 heterocycles. The van der Waals surface area contributed by atoms with E-state index in [0.29, 0.717) is 35.4 Å². The molecule has 0 unspecified atom stereocenters. The largest absolute Gasteiger partial charge is 0.486 e. The molecule has 3 rings (SSSR count). The summed E-state index contributed by atoms with van der Waals surface area (Å²) in [5, 5.41) is 9.14. The van der Waals surface area contributed by atoms with Gasteiger partial charge in [0.25, 0.3) is 0 Å². The average molecular weight is 379 g/mol. The lowest BCUT2D eigenvalue weighted by Crippen LogP contribution is -2.09. The summed E-state index contributed by atoms with van der Waals surface area (Å²) in [4.78, 5) is 12.3. The van der Waals surface area contributed by atoms with Crippen molar-refractivity contribution in [3.63, 3.8) is 0 Å². The molecule has 0 fully saturated rings. The number of nitrogens with zero attached hydrogens (tertiary/aromatic N) is 3. The fourth-order valence-corrected chi connectivity index (χ4v) is 3.40. The maximum atomic E-state index is 12.3. The first kappa shape index (κ1) is 18.9. The van der Waals surface area contributed by atoms with Gasteiger partial charge in [0.05, 0.1) is 5.75 Å². The second kappa shape index (κ2) is 9.19. The Bertz CT molecular complexity index is 922. The Morgan fingerprint density at radius 3 is 2.74 bits per heavy atom. The van der Waals surface area contributed by atoms with Gasteiger partial charge in [0, 0.05) is 12.1 Å². The van der Waals surface area contributed by atoms with Crippen molar-refractivity contribution in [2.24, 2.45) is 0 Å². The number of ether oxygens (including phenoxy) is 1. The second-order valence-corrected chi connectivity index (χ2v) is 6.92. The summed E-state index contributed by atoms with van der Waals surface area (Å²) in [7, 11) is 0. The van der Waals surface area contributed by atoms with Gasteiger partial charge in [-0.15, -0.1) is 16.8 Å². The Morgan fingerprint density at radius 1 is 1.19 bits per heavy atom.